The molecule has 1 atom stereocenters. The van der Waals surface area contributed by atoms with E-state index in [1.807, 2.05) is 12.1 Å². The first kappa shape index (κ1) is 18.6. The summed E-state index contributed by atoms with van der Waals surface area (Å²) >= 11 is 0. The molecule has 7 nitrogen and oxygen atoms in total. The molecule has 0 saturated carbocycles. The van der Waals surface area contributed by atoms with Crippen LogP contribution >= 0.6 is 0 Å². The summed E-state index contributed by atoms with van der Waals surface area (Å²) < 4.78 is 10.9. The molecule has 1 unspecified atom stereocenters. The molecule has 148 valence electrons. The fourth-order valence-electron chi connectivity index (χ4n) is 3.95. The number of morpholine rings is 1. The smallest absolute Gasteiger partial charge is 0.265 e. The number of rotatable bonds is 4. The van der Waals surface area contributed by atoms with Crippen molar-refractivity contribution >= 4 is 23.0 Å². The number of nitriles is 1. The Morgan fingerprint density at radius 3 is 2.61 bits per heavy atom. The highest BCUT2D eigenvalue weighted by molar-refractivity contribution is 5.98. The van der Waals surface area contributed by atoms with E-state index in [4.69, 9.17) is 14.7 Å². The molecule has 0 radical (unpaired) electrons. The zero-order valence-corrected chi connectivity index (χ0v) is 16.0. The molecule has 2 fully saturated rings. The maximum atomic E-state index is 12.7. The Bertz CT molecular complexity index is 789. The van der Waals surface area contributed by atoms with Gasteiger partial charge >= 0.3 is 0 Å². The number of allylic oxidation sites excluding steroid dienone is 1. The molecule has 0 aromatic heterocycles. The molecule has 3 aliphatic rings. The first-order valence-corrected chi connectivity index (χ1v) is 10.0. The lowest BCUT2D eigenvalue weighted by molar-refractivity contribution is -0.123. The van der Waals surface area contributed by atoms with Crippen molar-refractivity contribution in [3.63, 3.8) is 0 Å². The Labute approximate surface area is 165 Å². The molecule has 0 spiro atoms. The second-order valence-electron chi connectivity index (χ2n) is 7.36. The van der Waals surface area contributed by atoms with Gasteiger partial charge in [0.15, 0.2) is 11.9 Å². The minimum Gasteiger partial charge on any atom is -0.470 e. The van der Waals surface area contributed by atoms with Crippen molar-refractivity contribution in [3.8, 4) is 6.07 Å². The monoisotopic (exact) mass is 382 g/mol. The second kappa shape index (κ2) is 8.53. The van der Waals surface area contributed by atoms with Gasteiger partial charge in [0.2, 0.25) is 0 Å². The Kier molecular flexibility index (Phi) is 5.68. The number of piperidine rings is 1. The molecule has 7 heteroatoms. The Balaban J connectivity index is 1.55. The fourth-order valence-corrected chi connectivity index (χ4v) is 3.95. The van der Waals surface area contributed by atoms with E-state index in [1.54, 1.807) is 6.08 Å². The maximum Gasteiger partial charge on any atom is 0.265 e. The number of carbonyl (C=O) groups is 1. The predicted octanol–water partition coefficient (Wildman–Crippen LogP) is 2.65. The average Bonchev–Trinajstić information content (AvgIpc) is 3.25. The lowest BCUT2D eigenvalue weighted by Gasteiger charge is -2.34. The first-order valence-electron chi connectivity index (χ1n) is 10.0. The van der Waals surface area contributed by atoms with Gasteiger partial charge in [-0.1, -0.05) is 0 Å². The van der Waals surface area contributed by atoms with E-state index in [0.29, 0.717) is 6.42 Å². The average molecular weight is 382 g/mol. The Morgan fingerprint density at radius 2 is 1.89 bits per heavy atom. The highest BCUT2D eigenvalue weighted by atomic mass is 16.5. The number of nitrogens with one attached hydrogen (secondary N) is 1. The number of ether oxygens (including phenoxy) is 2. The zero-order valence-electron chi connectivity index (χ0n) is 16.0. The van der Waals surface area contributed by atoms with Gasteiger partial charge < -0.3 is 24.6 Å². The Hall–Kier alpha value is -2.72. The third-order valence-electron chi connectivity index (χ3n) is 5.50. The van der Waals surface area contributed by atoms with Crippen LogP contribution in [0.15, 0.2) is 30.0 Å². The zero-order chi connectivity index (χ0) is 19.3. The molecular formula is C21H26N4O3. The third kappa shape index (κ3) is 4.07. The molecule has 3 aliphatic heterocycles. The number of amides is 1. The van der Waals surface area contributed by atoms with Crippen LogP contribution < -0.4 is 15.1 Å². The van der Waals surface area contributed by atoms with Crippen LogP contribution in [0.5, 0.6) is 0 Å². The van der Waals surface area contributed by atoms with Gasteiger partial charge in [0, 0.05) is 38.3 Å². The van der Waals surface area contributed by atoms with Crippen molar-refractivity contribution in [2.24, 2.45) is 0 Å². The van der Waals surface area contributed by atoms with E-state index in [1.165, 1.54) is 6.42 Å². The van der Waals surface area contributed by atoms with Crippen LogP contribution in [0.4, 0.5) is 17.1 Å². The first-order chi connectivity index (χ1) is 13.7. The molecule has 1 aromatic carbocycles. The van der Waals surface area contributed by atoms with Gasteiger partial charge in [0.25, 0.3) is 5.91 Å². The number of carbonyl (C=O) groups excluding carboxylic acids is 1. The number of anilines is 3. The minimum absolute atomic E-state index is 0.209. The van der Waals surface area contributed by atoms with Crippen molar-refractivity contribution in [1.82, 2.24) is 0 Å². The van der Waals surface area contributed by atoms with Gasteiger partial charge in [-0.25, -0.2) is 0 Å². The summed E-state index contributed by atoms with van der Waals surface area (Å²) in [6.07, 6.45) is 5.03. The van der Waals surface area contributed by atoms with E-state index in [-0.39, 0.29) is 11.7 Å². The van der Waals surface area contributed by atoms with Crippen LogP contribution in [-0.2, 0) is 14.3 Å². The standard InChI is InChI=1S/C21H26N4O3/c22-15-17-5-7-20(28-17)21(26)23-18-6-4-16(24-10-12-27-13-11-24)14-19(18)25-8-2-1-3-9-25/h4-6,14,20H,1-3,7-13H2,(H,23,26). The van der Waals surface area contributed by atoms with E-state index in [0.717, 1.165) is 69.3 Å². The molecule has 28 heavy (non-hydrogen) atoms. The van der Waals surface area contributed by atoms with E-state index in [2.05, 4.69) is 27.2 Å². The van der Waals surface area contributed by atoms with Crippen LogP contribution in [0.1, 0.15) is 25.7 Å². The molecule has 1 N–H and O–H groups in total. The SMILES string of the molecule is N#CC1=CCC(C(=O)Nc2ccc(N3CCOCC3)cc2N2CCCCC2)O1. The van der Waals surface area contributed by atoms with Gasteiger partial charge in [-0.2, -0.15) is 5.26 Å². The van der Waals surface area contributed by atoms with Crippen molar-refractivity contribution < 1.29 is 14.3 Å². The summed E-state index contributed by atoms with van der Waals surface area (Å²) in [4.78, 5) is 17.4. The topological polar surface area (TPSA) is 77.8 Å². The lowest BCUT2D eigenvalue weighted by atomic mass is 10.1. The lowest BCUT2D eigenvalue weighted by Crippen LogP contribution is -2.37. The van der Waals surface area contributed by atoms with Crippen molar-refractivity contribution in [3.05, 3.63) is 30.0 Å². The highest BCUT2D eigenvalue weighted by Crippen LogP contribution is 2.34. The summed E-state index contributed by atoms with van der Waals surface area (Å²) in [7, 11) is 0. The van der Waals surface area contributed by atoms with Gasteiger partial charge in [0.05, 0.1) is 24.6 Å². The van der Waals surface area contributed by atoms with Gasteiger partial charge in [0.1, 0.15) is 6.07 Å². The summed E-state index contributed by atoms with van der Waals surface area (Å²) in [5.74, 6) is 0.0120. The predicted molar refractivity (Wildman–Crippen MR) is 107 cm³/mol. The molecule has 0 aliphatic carbocycles. The number of hydrogen-bond acceptors (Lipinski definition) is 6. The normalized spacial score (nSPS) is 22.2. The maximum absolute atomic E-state index is 12.7. The van der Waals surface area contributed by atoms with Crippen molar-refractivity contribution in [2.75, 3.05) is 54.5 Å². The van der Waals surface area contributed by atoms with E-state index >= 15 is 0 Å². The molecule has 4 rings (SSSR count). The summed E-state index contributed by atoms with van der Waals surface area (Å²) in [5.41, 5.74) is 3.02. The van der Waals surface area contributed by atoms with Crippen LogP contribution in [0, 0.1) is 11.3 Å². The van der Waals surface area contributed by atoms with Crippen LogP contribution in [0.3, 0.4) is 0 Å². The van der Waals surface area contributed by atoms with Crippen molar-refractivity contribution in [1.29, 1.82) is 5.26 Å². The quantitative estimate of drug-likeness (QED) is 0.863. The van der Waals surface area contributed by atoms with E-state index < -0.39 is 6.10 Å². The van der Waals surface area contributed by atoms with Gasteiger partial charge in [-0.15, -0.1) is 0 Å². The van der Waals surface area contributed by atoms with Gasteiger partial charge in [-0.05, 0) is 43.5 Å². The highest BCUT2D eigenvalue weighted by Gasteiger charge is 2.27. The molecular weight excluding hydrogens is 356 g/mol. The van der Waals surface area contributed by atoms with Crippen LogP contribution in [-0.4, -0.2) is 51.4 Å². The third-order valence-corrected chi connectivity index (χ3v) is 5.50. The molecule has 1 amide bonds. The number of nitrogens with zero attached hydrogens (tertiary/aromatic N) is 3. The Morgan fingerprint density at radius 1 is 1.11 bits per heavy atom. The van der Waals surface area contributed by atoms with Crippen LogP contribution in [0.2, 0.25) is 0 Å². The number of benzene rings is 1. The summed E-state index contributed by atoms with van der Waals surface area (Å²) in [6.45, 7) is 5.23. The van der Waals surface area contributed by atoms with Gasteiger partial charge in [-0.3, -0.25) is 4.79 Å². The molecule has 3 heterocycles. The molecule has 1 aromatic rings. The molecule has 2 saturated heterocycles. The van der Waals surface area contributed by atoms with Crippen molar-refractivity contribution in [2.45, 2.75) is 31.8 Å². The summed E-state index contributed by atoms with van der Waals surface area (Å²) in [6, 6.07) is 8.18. The minimum atomic E-state index is -0.636. The summed E-state index contributed by atoms with van der Waals surface area (Å²) in [5, 5.41) is 12.0. The van der Waals surface area contributed by atoms with E-state index in [9.17, 15) is 4.79 Å². The fraction of sp³-hybridized carbons (Fsp3) is 0.524. The second-order valence-corrected chi connectivity index (χ2v) is 7.36. The largest absolute Gasteiger partial charge is 0.470 e. The molecule has 0 bridgehead atoms. The number of hydrogen-bond donors (Lipinski definition) is 1. The van der Waals surface area contributed by atoms with Crippen LogP contribution in [0.25, 0.3) is 0 Å².